The minimum absolute atomic E-state index is 0.0364. The van der Waals surface area contributed by atoms with Gasteiger partial charge in [-0.2, -0.15) is 5.10 Å². The number of hydrogen-bond acceptors (Lipinski definition) is 4. The molecule has 0 radical (unpaired) electrons. The van der Waals surface area contributed by atoms with Gasteiger partial charge in [0.2, 0.25) is 5.91 Å². The summed E-state index contributed by atoms with van der Waals surface area (Å²) in [5.41, 5.74) is 5.87. The van der Waals surface area contributed by atoms with Crippen molar-refractivity contribution in [3.05, 3.63) is 35.0 Å². The molecule has 7 nitrogen and oxygen atoms in total. The van der Waals surface area contributed by atoms with Crippen LogP contribution in [0.15, 0.2) is 33.8 Å². The Morgan fingerprint density at radius 3 is 2.94 bits per heavy atom. The summed E-state index contributed by atoms with van der Waals surface area (Å²) in [6.45, 7) is -0.0364. The first kappa shape index (κ1) is 12.4. The Bertz CT molecular complexity index is 589. The largest absolute Gasteiger partial charge is 0.457 e. The fourth-order valence-corrected chi connectivity index (χ4v) is 1.75. The lowest BCUT2D eigenvalue weighted by molar-refractivity contribution is -0.118. The number of carbonyl (C=O) groups is 2. The van der Waals surface area contributed by atoms with Crippen molar-refractivity contribution in [3.63, 3.8) is 0 Å². The smallest absolute Gasteiger partial charge is 0.260 e. The maximum absolute atomic E-state index is 11.8. The molecule has 8 heteroatoms. The van der Waals surface area contributed by atoms with Crippen molar-refractivity contribution in [3.8, 4) is 0 Å². The molecule has 0 atom stereocenters. The number of aromatic nitrogens is 2. The Balaban J connectivity index is 2.06. The third-order valence-electron chi connectivity index (χ3n) is 2.07. The van der Waals surface area contributed by atoms with Gasteiger partial charge in [-0.1, -0.05) is 0 Å². The topological polar surface area (TPSA) is 103 Å². The fourth-order valence-electron chi connectivity index (χ4n) is 1.33. The second kappa shape index (κ2) is 5.05. The van der Waals surface area contributed by atoms with E-state index in [1.165, 1.54) is 29.4 Å². The number of nitrogens with two attached hydrogens (primary N) is 1. The molecular weight excluding hydrogens is 304 g/mol. The number of nitrogens with zero attached hydrogens (tertiary/aromatic N) is 2. The Morgan fingerprint density at radius 1 is 1.56 bits per heavy atom. The van der Waals surface area contributed by atoms with Crippen LogP contribution >= 0.6 is 15.9 Å². The molecule has 0 saturated carbocycles. The minimum atomic E-state index is -0.506. The average molecular weight is 313 g/mol. The zero-order valence-corrected chi connectivity index (χ0v) is 10.7. The quantitative estimate of drug-likeness (QED) is 0.878. The first-order valence-corrected chi connectivity index (χ1v) is 5.70. The maximum Gasteiger partial charge on any atom is 0.260 e. The summed E-state index contributed by atoms with van der Waals surface area (Å²) >= 11 is 3.11. The number of halogens is 1. The Hall–Kier alpha value is -2.09. The minimum Gasteiger partial charge on any atom is -0.457 e. The van der Waals surface area contributed by atoms with E-state index < -0.39 is 5.91 Å². The molecule has 0 fully saturated rings. The van der Waals surface area contributed by atoms with Crippen LogP contribution in [0, 0.1) is 0 Å². The third kappa shape index (κ3) is 2.77. The van der Waals surface area contributed by atoms with Gasteiger partial charge in [0.25, 0.3) is 5.91 Å². The summed E-state index contributed by atoms with van der Waals surface area (Å²) in [6.07, 6.45) is 4.33. The number of hydrogen-bond donors (Lipinski definition) is 2. The molecule has 2 aromatic heterocycles. The van der Waals surface area contributed by atoms with E-state index in [0.717, 1.165) is 0 Å². The number of anilines is 1. The van der Waals surface area contributed by atoms with Crippen LogP contribution in [0.5, 0.6) is 0 Å². The van der Waals surface area contributed by atoms with Gasteiger partial charge in [-0.3, -0.25) is 14.3 Å². The number of primary amides is 1. The number of furan rings is 1. The van der Waals surface area contributed by atoms with Crippen molar-refractivity contribution in [2.24, 2.45) is 5.73 Å². The molecule has 0 aromatic carbocycles. The van der Waals surface area contributed by atoms with Gasteiger partial charge in [0, 0.05) is 6.20 Å². The van der Waals surface area contributed by atoms with Gasteiger partial charge in [0.05, 0.1) is 23.7 Å². The lowest BCUT2D eigenvalue weighted by Crippen LogP contribution is -2.18. The van der Waals surface area contributed by atoms with Crippen LogP contribution in [0.2, 0.25) is 0 Å². The van der Waals surface area contributed by atoms with Crippen molar-refractivity contribution in [1.29, 1.82) is 0 Å². The van der Waals surface area contributed by atoms with Crippen LogP contribution in [0.3, 0.4) is 0 Å². The first-order chi connectivity index (χ1) is 8.56. The van der Waals surface area contributed by atoms with Gasteiger partial charge in [0.1, 0.15) is 6.54 Å². The lowest BCUT2D eigenvalue weighted by Gasteiger charge is -1.99. The zero-order valence-electron chi connectivity index (χ0n) is 9.09. The Labute approximate surface area is 110 Å². The van der Waals surface area contributed by atoms with Crippen molar-refractivity contribution in [2.75, 3.05) is 5.32 Å². The predicted octanol–water partition coefficient (Wildman–Crippen LogP) is 0.976. The van der Waals surface area contributed by atoms with Crippen LogP contribution in [0.1, 0.15) is 10.4 Å². The van der Waals surface area contributed by atoms with Gasteiger partial charge >= 0.3 is 0 Å². The van der Waals surface area contributed by atoms with Gasteiger partial charge < -0.3 is 15.5 Å². The second-order valence-corrected chi connectivity index (χ2v) is 4.18. The molecule has 2 rings (SSSR count). The van der Waals surface area contributed by atoms with Gasteiger partial charge in [-0.25, -0.2) is 0 Å². The van der Waals surface area contributed by atoms with E-state index in [-0.39, 0.29) is 12.5 Å². The van der Waals surface area contributed by atoms with Gasteiger partial charge in [-0.05, 0) is 22.0 Å². The SMILES string of the molecule is NC(=O)Cn1cc(NC(=O)c2ccoc2Br)cn1. The van der Waals surface area contributed by atoms with E-state index in [1.54, 1.807) is 0 Å². The molecule has 2 heterocycles. The van der Waals surface area contributed by atoms with Crippen molar-refractivity contribution in [2.45, 2.75) is 6.54 Å². The summed E-state index contributed by atoms with van der Waals surface area (Å²) < 4.78 is 6.64. The zero-order chi connectivity index (χ0) is 13.1. The third-order valence-corrected chi connectivity index (χ3v) is 2.69. The maximum atomic E-state index is 11.8. The second-order valence-electron chi connectivity index (χ2n) is 3.46. The number of carbonyl (C=O) groups excluding carboxylic acids is 2. The molecule has 2 amide bonds. The summed E-state index contributed by atoms with van der Waals surface area (Å²) in [7, 11) is 0. The molecule has 0 saturated heterocycles. The first-order valence-electron chi connectivity index (χ1n) is 4.91. The van der Waals surface area contributed by atoms with Crippen LogP contribution in [0.4, 0.5) is 5.69 Å². The summed E-state index contributed by atoms with van der Waals surface area (Å²) in [6, 6.07) is 1.53. The molecule has 0 aliphatic heterocycles. The van der Waals surface area contributed by atoms with Crippen LogP contribution in [-0.2, 0) is 11.3 Å². The Morgan fingerprint density at radius 2 is 2.33 bits per heavy atom. The number of nitrogens with one attached hydrogen (secondary N) is 1. The summed E-state index contributed by atoms with van der Waals surface area (Å²) in [4.78, 5) is 22.5. The molecule has 94 valence electrons. The molecule has 0 aliphatic rings. The Kier molecular flexibility index (Phi) is 3.47. The van der Waals surface area contributed by atoms with Crippen molar-refractivity contribution in [1.82, 2.24) is 9.78 Å². The highest BCUT2D eigenvalue weighted by Crippen LogP contribution is 2.18. The van der Waals surface area contributed by atoms with Gasteiger partial charge in [-0.15, -0.1) is 0 Å². The van der Waals surface area contributed by atoms with Crippen LogP contribution in [-0.4, -0.2) is 21.6 Å². The summed E-state index contributed by atoms with van der Waals surface area (Å²) in [5, 5.41) is 6.49. The predicted molar refractivity (Wildman–Crippen MR) is 65.8 cm³/mol. The monoisotopic (exact) mass is 312 g/mol. The molecule has 0 spiro atoms. The molecule has 3 N–H and O–H groups in total. The highest BCUT2D eigenvalue weighted by molar-refractivity contribution is 9.10. The van der Waals surface area contributed by atoms with E-state index >= 15 is 0 Å². The van der Waals surface area contributed by atoms with Crippen molar-refractivity contribution >= 4 is 33.4 Å². The van der Waals surface area contributed by atoms with E-state index in [1.807, 2.05) is 0 Å². The molecule has 18 heavy (non-hydrogen) atoms. The normalized spacial score (nSPS) is 10.3. The van der Waals surface area contributed by atoms with Gasteiger partial charge in [0.15, 0.2) is 4.67 Å². The standard InChI is InChI=1S/C10H9BrN4O3/c11-9-7(1-2-18-9)10(17)14-6-3-13-15(4-6)5-8(12)16/h1-4H,5H2,(H2,12,16)(H,14,17). The molecule has 0 bridgehead atoms. The highest BCUT2D eigenvalue weighted by Gasteiger charge is 2.13. The van der Waals surface area contributed by atoms with E-state index in [0.29, 0.717) is 15.9 Å². The molecule has 2 aromatic rings. The number of rotatable bonds is 4. The van der Waals surface area contributed by atoms with E-state index in [4.69, 9.17) is 10.2 Å². The number of amides is 2. The van der Waals surface area contributed by atoms with Crippen LogP contribution < -0.4 is 11.1 Å². The van der Waals surface area contributed by atoms with E-state index in [2.05, 4.69) is 26.3 Å². The molecule has 0 unspecified atom stereocenters. The van der Waals surface area contributed by atoms with Crippen LogP contribution in [0.25, 0.3) is 0 Å². The highest BCUT2D eigenvalue weighted by atomic mass is 79.9. The van der Waals surface area contributed by atoms with Crippen molar-refractivity contribution < 1.29 is 14.0 Å². The summed E-state index contributed by atoms with van der Waals surface area (Å²) in [5.74, 6) is -0.845. The lowest BCUT2D eigenvalue weighted by atomic mass is 10.3. The molecular formula is C10H9BrN4O3. The fraction of sp³-hybridized carbons (Fsp3) is 0.100. The average Bonchev–Trinajstić information content (AvgIpc) is 2.87. The van der Waals surface area contributed by atoms with E-state index in [9.17, 15) is 9.59 Å². The molecule has 0 aliphatic carbocycles.